The van der Waals surface area contributed by atoms with Crippen molar-refractivity contribution in [1.29, 1.82) is 0 Å². The van der Waals surface area contributed by atoms with Gasteiger partial charge in [0, 0.05) is 21.9 Å². The molecule has 0 aliphatic carbocycles. The Morgan fingerprint density at radius 1 is 1.10 bits per heavy atom. The smallest absolute Gasteiger partial charge is 0.194 e. The Balaban J connectivity index is 2.33. The van der Waals surface area contributed by atoms with E-state index in [1.807, 2.05) is 22.6 Å². The van der Waals surface area contributed by atoms with Gasteiger partial charge in [0.1, 0.15) is 11.5 Å². The van der Waals surface area contributed by atoms with E-state index in [-0.39, 0.29) is 10.8 Å². The molecule has 0 radical (unpaired) electrons. The van der Waals surface area contributed by atoms with E-state index in [2.05, 4.69) is 9.97 Å². The van der Waals surface area contributed by atoms with Gasteiger partial charge in [0.15, 0.2) is 23.1 Å². The molecule has 20 heavy (non-hydrogen) atoms. The number of hydrogen-bond donors (Lipinski definition) is 0. The van der Waals surface area contributed by atoms with Gasteiger partial charge >= 0.3 is 0 Å². The highest BCUT2D eigenvalue weighted by Crippen LogP contribution is 2.29. The van der Waals surface area contributed by atoms with Crippen molar-refractivity contribution in [2.24, 2.45) is 0 Å². The van der Waals surface area contributed by atoms with Crippen molar-refractivity contribution >= 4 is 45.2 Å². The number of fused-ring (bicyclic) bond motifs is 1. The molecule has 8 heteroatoms. The lowest BCUT2D eigenvalue weighted by Crippen LogP contribution is -1.99. The summed E-state index contributed by atoms with van der Waals surface area (Å²) in [5.74, 6) is -4.04. The lowest BCUT2D eigenvalue weighted by atomic mass is 10.3. The van der Waals surface area contributed by atoms with E-state index >= 15 is 0 Å². The largest absolute Gasteiger partial charge is 0.300 e. The first-order chi connectivity index (χ1) is 9.49. The van der Waals surface area contributed by atoms with Crippen LogP contribution in [0.25, 0.3) is 16.7 Å². The average Bonchev–Trinajstić information content (AvgIpc) is 2.74. The third-order valence-electron chi connectivity index (χ3n) is 2.74. The van der Waals surface area contributed by atoms with E-state index in [9.17, 15) is 13.2 Å². The predicted octanol–water partition coefficient (Wildman–Crippen LogP) is 4.10. The van der Waals surface area contributed by atoms with Gasteiger partial charge in [0.2, 0.25) is 0 Å². The van der Waals surface area contributed by atoms with Gasteiger partial charge in [0.05, 0.1) is 11.1 Å². The Bertz CT molecular complexity index is 811. The number of benzene rings is 1. The van der Waals surface area contributed by atoms with Crippen molar-refractivity contribution in [2.45, 2.75) is 0 Å². The molecule has 102 valence electrons. The molecule has 0 aliphatic rings. The first-order valence-electron chi connectivity index (χ1n) is 5.31. The lowest BCUT2D eigenvalue weighted by molar-refractivity contribution is 0.446. The van der Waals surface area contributed by atoms with Gasteiger partial charge in [-0.3, -0.25) is 4.57 Å². The zero-order chi connectivity index (χ0) is 14.4. The zero-order valence-corrected chi connectivity index (χ0v) is 12.5. The molecule has 0 unspecified atom stereocenters. The average molecular weight is 410 g/mol. The van der Waals surface area contributed by atoms with Crippen LogP contribution in [0.15, 0.2) is 24.7 Å². The van der Waals surface area contributed by atoms with Crippen molar-refractivity contribution < 1.29 is 13.2 Å². The third-order valence-corrected chi connectivity index (χ3v) is 3.84. The quantitative estimate of drug-likeness (QED) is 0.344. The van der Waals surface area contributed by atoms with E-state index in [4.69, 9.17) is 11.6 Å². The van der Waals surface area contributed by atoms with Crippen LogP contribution < -0.4 is 0 Å². The van der Waals surface area contributed by atoms with Gasteiger partial charge in [-0.15, -0.1) is 0 Å². The van der Waals surface area contributed by atoms with Crippen molar-refractivity contribution in [2.75, 3.05) is 0 Å². The predicted molar refractivity (Wildman–Crippen MR) is 76.5 cm³/mol. The molecular formula is C12H4ClF3IN3. The van der Waals surface area contributed by atoms with Gasteiger partial charge < -0.3 is 0 Å². The molecule has 0 amide bonds. The molecule has 1 aromatic carbocycles. The number of aromatic nitrogens is 3. The second kappa shape index (κ2) is 4.88. The Morgan fingerprint density at radius 2 is 1.75 bits per heavy atom. The molecule has 0 fully saturated rings. The zero-order valence-electron chi connectivity index (χ0n) is 9.54. The Kier molecular flexibility index (Phi) is 3.33. The molecule has 0 aliphatic heterocycles. The third kappa shape index (κ3) is 2.05. The van der Waals surface area contributed by atoms with E-state index in [1.165, 1.54) is 10.9 Å². The summed E-state index contributed by atoms with van der Waals surface area (Å²) in [4.78, 5) is 7.90. The topological polar surface area (TPSA) is 30.7 Å². The minimum Gasteiger partial charge on any atom is -0.300 e. The standard InChI is InChI=1S/C12H4ClF3IN3/c13-11-9-8(17)3-20(12(9)19-4-18-11)5-1-6(14)10(16)7(15)2-5/h1-4H. The van der Waals surface area contributed by atoms with Gasteiger partial charge in [-0.1, -0.05) is 11.6 Å². The maximum Gasteiger partial charge on any atom is 0.194 e. The van der Waals surface area contributed by atoms with Crippen molar-refractivity contribution in [3.63, 3.8) is 0 Å². The Hall–Kier alpha value is -1.35. The highest BCUT2D eigenvalue weighted by Gasteiger charge is 2.16. The van der Waals surface area contributed by atoms with Crippen molar-refractivity contribution in [3.8, 4) is 5.69 Å². The summed E-state index contributed by atoms with van der Waals surface area (Å²) < 4.78 is 41.8. The van der Waals surface area contributed by atoms with Crippen LogP contribution in [0.1, 0.15) is 0 Å². The maximum atomic E-state index is 13.3. The van der Waals surface area contributed by atoms with Gasteiger partial charge in [0.25, 0.3) is 0 Å². The SMILES string of the molecule is Fc1cc(-n2cc(I)c3c(Cl)ncnc32)cc(F)c1F. The van der Waals surface area contributed by atoms with Crippen LogP contribution in [0.4, 0.5) is 13.2 Å². The molecule has 2 heterocycles. The van der Waals surface area contributed by atoms with E-state index in [0.29, 0.717) is 14.6 Å². The summed E-state index contributed by atoms with van der Waals surface area (Å²) in [6.07, 6.45) is 2.84. The summed E-state index contributed by atoms with van der Waals surface area (Å²) in [5, 5.41) is 0.807. The van der Waals surface area contributed by atoms with Gasteiger partial charge in [-0.2, -0.15) is 0 Å². The first-order valence-corrected chi connectivity index (χ1v) is 6.76. The molecule has 3 aromatic rings. The highest BCUT2D eigenvalue weighted by atomic mass is 127. The van der Waals surface area contributed by atoms with E-state index < -0.39 is 17.5 Å². The Labute approximate surface area is 129 Å². The van der Waals surface area contributed by atoms with Crippen LogP contribution in [0.3, 0.4) is 0 Å². The van der Waals surface area contributed by atoms with Crippen molar-refractivity contribution in [1.82, 2.24) is 14.5 Å². The lowest BCUT2D eigenvalue weighted by Gasteiger charge is -2.06. The summed E-state index contributed by atoms with van der Waals surface area (Å²) >= 11 is 7.98. The van der Waals surface area contributed by atoms with Crippen LogP contribution in [0, 0.1) is 21.0 Å². The fourth-order valence-electron chi connectivity index (χ4n) is 1.86. The highest BCUT2D eigenvalue weighted by molar-refractivity contribution is 14.1. The molecule has 0 bridgehead atoms. The summed E-state index contributed by atoms with van der Waals surface area (Å²) in [6.45, 7) is 0. The van der Waals surface area contributed by atoms with E-state index in [0.717, 1.165) is 12.1 Å². The number of halogens is 5. The number of rotatable bonds is 1. The van der Waals surface area contributed by atoms with Crippen LogP contribution in [0.5, 0.6) is 0 Å². The summed E-state index contributed by atoms with van der Waals surface area (Å²) in [5.41, 5.74) is 0.504. The molecule has 3 nitrogen and oxygen atoms in total. The molecular weight excluding hydrogens is 406 g/mol. The molecule has 0 N–H and O–H groups in total. The molecule has 0 saturated heterocycles. The summed E-state index contributed by atoms with van der Waals surface area (Å²) in [7, 11) is 0. The fraction of sp³-hybridized carbons (Fsp3) is 0. The fourth-order valence-corrected chi connectivity index (χ4v) is 3.03. The molecule has 0 atom stereocenters. The van der Waals surface area contributed by atoms with Gasteiger partial charge in [-0.05, 0) is 22.6 Å². The molecule has 2 aromatic heterocycles. The molecule has 0 saturated carbocycles. The first kappa shape index (κ1) is 13.6. The monoisotopic (exact) mass is 409 g/mol. The number of hydrogen-bond acceptors (Lipinski definition) is 2. The second-order valence-corrected chi connectivity index (χ2v) is 5.45. The van der Waals surface area contributed by atoms with Crippen LogP contribution in [-0.4, -0.2) is 14.5 Å². The van der Waals surface area contributed by atoms with Crippen LogP contribution >= 0.6 is 34.2 Å². The maximum absolute atomic E-state index is 13.3. The minimum absolute atomic E-state index is 0.115. The summed E-state index contributed by atoms with van der Waals surface area (Å²) in [6, 6.07) is 1.79. The normalized spacial score (nSPS) is 11.2. The minimum atomic E-state index is -1.51. The van der Waals surface area contributed by atoms with Crippen LogP contribution in [-0.2, 0) is 0 Å². The Morgan fingerprint density at radius 3 is 2.40 bits per heavy atom. The second-order valence-electron chi connectivity index (χ2n) is 3.93. The van der Waals surface area contributed by atoms with Crippen LogP contribution in [0.2, 0.25) is 5.15 Å². The van der Waals surface area contributed by atoms with Gasteiger partial charge in [-0.25, -0.2) is 23.1 Å². The molecule has 0 spiro atoms. The van der Waals surface area contributed by atoms with E-state index in [1.54, 1.807) is 6.20 Å². The van der Waals surface area contributed by atoms with Crippen molar-refractivity contribution in [3.05, 3.63) is 50.8 Å². The molecule has 3 rings (SSSR count). The number of nitrogens with zero attached hydrogens (tertiary/aromatic N) is 3.